The Bertz CT molecular complexity index is 620. The second-order valence-electron chi connectivity index (χ2n) is 5.65. The number of guanidine groups is 1. The lowest BCUT2D eigenvalue weighted by Gasteiger charge is -2.26. The highest BCUT2D eigenvalue weighted by molar-refractivity contribution is 5.93. The maximum atomic E-state index is 12.4. The predicted molar refractivity (Wildman–Crippen MR) is 80.8 cm³/mol. The molecule has 0 aromatic heterocycles. The summed E-state index contributed by atoms with van der Waals surface area (Å²) in [5, 5.41) is 0. The maximum absolute atomic E-state index is 12.4. The molecule has 5 heteroatoms. The summed E-state index contributed by atoms with van der Waals surface area (Å²) in [4.78, 5) is 16.1. The maximum Gasteiger partial charge on any atom is 0.253 e. The molecule has 3 rings (SSSR count). The van der Waals surface area contributed by atoms with Crippen LogP contribution in [-0.4, -0.2) is 19.0 Å². The van der Waals surface area contributed by atoms with Gasteiger partial charge >= 0.3 is 0 Å². The van der Waals surface area contributed by atoms with Crippen LogP contribution in [0, 0.1) is 17.8 Å². The number of hydrogen-bond acceptors (Lipinski definition) is 2. The molecular formula is C16H19N3O2. The largest absolute Gasteiger partial charge is 0.497 e. The predicted octanol–water partition coefficient (Wildman–Crippen LogP) is 1.40. The number of nitrogens with two attached hydrogens (primary N) is 2. The topological polar surface area (TPSA) is 90.7 Å². The summed E-state index contributed by atoms with van der Waals surface area (Å²) < 4.78 is 5.28. The second kappa shape index (κ2) is 5.24. The third-order valence-electron chi connectivity index (χ3n) is 4.46. The van der Waals surface area contributed by atoms with E-state index < -0.39 is 0 Å². The molecular weight excluding hydrogens is 266 g/mol. The molecule has 0 heterocycles. The van der Waals surface area contributed by atoms with Crippen LogP contribution in [0.5, 0.6) is 5.75 Å². The minimum atomic E-state index is -0.223. The van der Waals surface area contributed by atoms with Gasteiger partial charge in [-0.3, -0.25) is 4.79 Å². The van der Waals surface area contributed by atoms with E-state index in [-0.39, 0.29) is 29.6 Å². The summed E-state index contributed by atoms with van der Waals surface area (Å²) in [5.41, 5.74) is 11.8. The van der Waals surface area contributed by atoms with E-state index >= 15 is 0 Å². The van der Waals surface area contributed by atoms with Gasteiger partial charge in [0.05, 0.1) is 13.0 Å². The summed E-state index contributed by atoms with van der Waals surface area (Å²) in [5.74, 6) is 0.926. The van der Waals surface area contributed by atoms with Gasteiger partial charge in [0.1, 0.15) is 5.75 Å². The summed E-state index contributed by atoms with van der Waals surface area (Å²) in [7, 11) is 1.64. The van der Waals surface area contributed by atoms with Crippen molar-refractivity contribution in [2.45, 2.75) is 12.3 Å². The van der Waals surface area contributed by atoms with Crippen LogP contribution in [0.15, 0.2) is 41.4 Å². The van der Waals surface area contributed by atoms with Crippen molar-refractivity contribution in [1.82, 2.24) is 0 Å². The number of amides is 1. The van der Waals surface area contributed by atoms with Gasteiger partial charge in [-0.05, 0) is 36.0 Å². The monoisotopic (exact) mass is 285 g/mol. The van der Waals surface area contributed by atoms with Crippen molar-refractivity contribution in [3.05, 3.63) is 42.0 Å². The summed E-state index contributed by atoms with van der Waals surface area (Å²) >= 11 is 0. The minimum absolute atomic E-state index is 0.116. The molecule has 0 saturated heterocycles. The van der Waals surface area contributed by atoms with Gasteiger partial charge in [-0.25, -0.2) is 0 Å². The molecule has 2 aliphatic carbocycles. The number of benzene rings is 1. The normalized spacial score (nSPS) is 29.4. The molecule has 0 radical (unpaired) electrons. The average Bonchev–Trinajstić information content (AvgIpc) is 3.07. The fourth-order valence-electron chi connectivity index (χ4n) is 3.66. The fourth-order valence-corrected chi connectivity index (χ4v) is 3.66. The first-order valence-corrected chi connectivity index (χ1v) is 7.06. The van der Waals surface area contributed by atoms with Crippen molar-refractivity contribution >= 4 is 11.9 Å². The molecule has 110 valence electrons. The highest BCUT2D eigenvalue weighted by Gasteiger charge is 2.48. The van der Waals surface area contributed by atoms with Crippen molar-refractivity contribution in [2.24, 2.45) is 34.2 Å². The van der Waals surface area contributed by atoms with Gasteiger partial charge in [0.15, 0.2) is 5.96 Å². The number of aliphatic imine (C=N–C) groups is 1. The Balaban J connectivity index is 1.97. The van der Waals surface area contributed by atoms with Crippen molar-refractivity contribution in [3.8, 4) is 5.75 Å². The number of fused-ring (bicyclic) bond motifs is 2. The van der Waals surface area contributed by atoms with E-state index in [0.29, 0.717) is 5.92 Å². The van der Waals surface area contributed by atoms with Crippen molar-refractivity contribution in [3.63, 3.8) is 0 Å². The molecule has 4 atom stereocenters. The lowest BCUT2D eigenvalue weighted by molar-refractivity contribution is -0.122. The molecule has 1 saturated carbocycles. The van der Waals surface area contributed by atoms with Crippen molar-refractivity contribution < 1.29 is 9.53 Å². The summed E-state index contributed by atoms with van der Waals surface area (Å²) in [6.45, 7) is 0. The Morgan fingerprint density at radius 1 is 1.29 bits per heavy atom. The number of nitrogens with zero attached hydrogens (tertiary/aromatic N) is 1. The average molecular weight is 285 g/mol. The number of rotatable bonds is 3. The molecule has 4 N–H and O–H groups in total. The van der Waals surface area contributed by atoms with Gasteiger partial charge in [-0.15, -0.1) is 0 Å². The van der Waals surface area contributed by atoms with E-state index in [1.54, 1.807) is 7.11 Å². The second-order valence-corrected chi connectivity index (χ2v) is 5.65. The Morgan fingerprint density at radius 3 is 2.76 bits per heavy atom. The number of carbonyl (C=O) groups excluding carboxylic acids is 1. The molecule has 1 amide bonds. The van der Waals surface area contributed by atoms with Crippen LogP contribution >= 0.6 is 0 Å². The SMILES string of the molecule is COc1cccc([C@H]2C3C=CC(C3)[C@@H]2C(=O)N=C(N)N)c1. The molecule has 2 aliphatic rings. The first-order valence-electron chi connectivity index (χ1n) is 7.06. The molecule has 21 heavy (non-hydrogen) atoms. The zero-order valence-corrected chi connectivity index (χ0v) is 11.9. The van der Waals surface area contributed by atoms with E-state index in [4.69, 9.17) is 16.2 Å². The van der Waals surface area contributed by atoms with E-state index in [2.05, 4.69) is 17.1 Å². The molecule has 1 aromatic carbocycles. The standard InChI is InChI=1S/C16H19N3O2/c1-21-12-4-2-3-9(8-12)13-10-5-6-11(7-10)14(13)15(20)19-16(17)18/h2-6,8,10-11,13-14H,7H2,1H3,(H4,17,18,19,20)/t10?,11?,13-,14-/m0/s1. The lowest BCUT2D eigenvalue weighted by Crippen LogP contribution is -2.30. The minimum Gasteiger partial charge on any atom is -0.497 e. The highest BCUT2D eigenvalue weighted by Crippen LogP contribution is 2.53. The first-order chi connectivity index (χ1) is 10.1. The van der Waals surface area contributed by atoms with Gasteiger partial charge in [0, 0.05) is 5.92 Å². The fraction of sp³-hybridized carbons (Fsp3) is 0.375. The number of methoxy groups -OCH3 is 1. The molecule has 0 spiro atoms. The zero-order valence-electron chi connectivity index (χ0n) is 11.9. The Labute approximate surface area is 123 Å². The van der Waals surface area contributed by atoms with E-state index in [1.807, 2.05) is 24.3 Å². The Kier molecular flexibility index (Phi) is 3.41. The third kappa shape index (κ3) is 2.39. The number of ether oxygens (including phenoxy) is 1. The highest BCUT2D eigenvalue weighted by atomic mass is 16.5. The molecule has 1 fully saturated rings. The van der Waals surface area contributed by atoms with Gasteiger partial charge in [-0.1, -0.05) is 24.3 Å². The van der Waals surface area contributed by atoms with Crippen molar-refractivity contribution in [1.29, 1.82) is 0 Å². The molecule has 1 aromatic rings. The molecule has 2 unspecified atom stereocenters. The van der Waals surface area contributed by atoms with Crippen LogP contribution in [0.1, 0.15) is 17.9 Å². The van der Waals surface area contributed by atoms with Crippen LogP contribution in [0.25, 0.3) is 0 Å². The number of allylic oxidation sites excluding steroid dienone is 2. The van der Waals surface area contributed by atoms with Gasteiger partial charge in [0.2, 0.25) is 0 Å². The van der Waals surface area contributed by atoms with Crippen LogP contribution in [0.2, 0.25) is 0 Å². The molecule has 2 bridgehead atoms. The number of hydrogen-bond donors (Lipinski definition) is 2. The first kappa shape index (κ1) is 13.7. The quantitative estimate of drug-likeness (QED) is 0.499. The smallest absolute Gasteiger partial charge is 0.253 e. The van der Waals surface area contributed by atoms with Crippen LogP contribution in [0.4, 0.5) is 0 Å². The van der Waals surface area contributed by atoms with Crippen LogP contribution in [-0.2, 0) is 4.79 Å². The molecule has 0 aliphatic heterocycles. The summed E-state index contributed by atoms with van der Waals surface area (Å²) in [6, 6.07) is 7.89. The van der Waals surface area contributed by atoms with E-state index in [0.717, 1.165) is 17.7 Å². The lowest BCUT2D eigenvalue weighted by atomic mass is 9.78. The van der Waals surface area contributed by atoms with Crippen molar-refractivity contribution in [2.75, 3.05) is 7.11 Å². The zero-order chi connectivity index (χ0) is 15.0. The van der Waals surface area contributed by atoms with Gasteiger partial charge < -0.3 is 16.2 Å². The number of carbonyl (C=O) groups is 1. The van der Waals surface area contributed by atoms with Gasteiger partial charge in [0.25, 0.3) is 5.91 Å². The van der Waals surface area contributed by atoms with E-state index in [9.17, 15) is 4.79 Å². The Morgan fingerprint density at radius 2 is 2.05 bits per heavy atom. The van der Waals surface area contributed by atoms with Crippen LogP contribution in [0.3, 0.4) is 0 Å². The van der Waals surface area contributed by atoms with Gasteiger partial charge in [-0.2, -0.15) is 4.99 Å². The Hall–Kier alpha value is -2.30. The van der Waals surface area contributed by atoms with Crippen LogP contribution < -0.4 is 16.2 Å². The molecule has 5 nitrogen and oxygen atoms in total. The summed E-state index contributed by atoms with van der Waals surface area (Å²) in [6.07, 6.45) is 5.30. The van der Waals surface area contributed by atoms with E-state index in [1.165, 1.54) is 0 Å². The third-order valence-corrected chi connectivity index (χ3v) is 4.46.